The predicted molar refractivity (Wildman–Crippen MR) is 47.4 cm³/mol. The first-order chi connectivity index (χ1) is 5.93. The van der Waals surface area contributed by atoms with Crippen LogP contribution in [-0.4, -0.2) is 33.1 Å². The van der Waals surface area contributed by atoms with Gasteiger partial charge in [0, 0.05) is 13.6 Å². The molecule has 0 aromatic heterocycles. The van der Waals surface area contributed by atoms with Crippen LogP contribution >= 0.6 is 0 Å². The second kappa shape index (κ2) is 5.15. The largest absolute Gasteiger partial charge is 0.481 e. The van der Waals surface area contributed by atoms with Crippen molar-refractivity contribution in [3.8, 4) is 0 Å². The van der Waals surface area contributed by atoms with Crippen molar-refractivity contribution in [1.82, 2.24) is 9.44 Å². The zero-order valence-corrected chi connectivity index (χ0v) is 8.39. The molecular weight excluding hydrogens is 196 g/mol. The van der Waals surface area contributed by atoms with Crippen LogP contribution in [0.5, 0.6) is 0 Å². The van der Waals surface area contributed by atoms with Gasteiger partial charge in [-0.25, -0.2) is 9.44 Å². The smallest absolute Gasteiger partial charge is 0.307 e. The molecule has 0 saturated carbocycles. The van der Waals surface area contributed by atoms with Crippen LogP contribution in [0, 0.1) is 5.92 Å². The van der Waals surface area contributed by atoms with Gasteiger partial charge in [-0.15, -0.1) is 0 Å². The molecule has 6 nitrogen and oxygen atoms in total. The summed E-state index contributed by atoms with van der Waals surface area (Å²) >= 11 is 0. The second-order valence-corrected chi connectivity index (χ2v) is 4.20. The van der Waals surface area contributed by atoms with Crippen LogP contribution in [-0.2, 0) is 15.0 Å². The van der Waals surface area contributed by atoms with Crippen molar-refractivity contribution in [1.29, 1.82) is 0 Å². The molecule has 3 N–H and O–H groups in total. The SMILES string of the molecule is CCC(CNS(=O)(=O)NC)C(=O)O. The maximum absolute atomic E-state index is 10.8. The lowest BCUT2D eigenvalue weighted by molar-refractivity contribution is -0.141. The van der Waals surface area contributed by atoms with Crippen molar-refractivity contribution in [2.45, 2.75) is 13.3 Å². The van der Waals surface area contributed by atoms with Gasteiger partial charge in [0.25, 0.3) is 10.2 Å². The molecule has 0 bridgehead atoms. The molecule has 0 heterocycles. The first kappa shape index (κ1) is 12.3. The molecule has 0 aliphatic rings. The second-order valence-electron chi connectivity index (χ2n) is 2.50. The van der Waals surface area contributed by atoms with E-state index in [-0.39, 0.29) is 6.54 Å². The number of carbonyl (C=O) groups is 1. The Morgan fingerprint density at radius 2 is 2.08 bits per heavy atom. The van der Waals surface area contributed by atoms with Gasteiger partial charge in [0.05, 0.1) is 5.92 Å². The minimum atomic E-state index is -3.52. The maximum Gasteiger partial charge on any atom is 0.307 e. The normalized spacial score (nSPS) is 14.0. The van der Waals surface area contributed by atoms with Gasteiger partial charge in [0.2, 0.25) is 0 Å². The van der Waals surface area contributed by atoms with Crippen molar-refractivity contribution in [2.75, 3.05) is 13.6 Å². The number of hydrogen-bond acceptors (Lipinski definition) is 3. The summed E-state index contributed by atoms with van der Waals surface area (Å²) in [7, 11) is -2.27. The summed E-state index contributed by atoms with van der Waals surface area (Å²) in [6, 6.07) is 0. The topological polar surface area (TPSA) is 95.5 Å². The number of aliphatic carboxylic acids is 1. The number of rotatable bonds is 6. The summed E-state index contributed by atoms with van der Waals surface area (Å²) < 4.78 is 25.8. The Labute approximate surface area is 77.5 Å². The van der Waals surface area contributed by atoms with Gasteiger partial charge >= 0.3 is 5.97 Å². The Hall–Kier alpha value is -0.660. The van der Waals surface area contributed by atoms with Crippen LogP contribution in [0.25, 0.3) is 0 Å². The van der Waals surface area contributed by atoms with E-state index in [1.807, 2.05) is 4.72 Å². The van der Waals surface area contributed by atoms with Gasteiger partial charge in [0.1, 0.15) is 0 Å². The highest BCUT2D eigenvalue weighted by Crippen LogP contribution is 2.00. The molecule has 0 aliphatic carbocycles. The van der Waals surface area contributed by atoms with E-state index in [9.17, 15) is 13.2 Å². The molecule has 0 aliphatic heterocycles. The Morgan fingerprint density at radius 3 is 2.38 bits per heavy atom. The predicted octanol–water partition coefficient (Wildman–Crippen LogP) is -0.849. The maximum atomic E-state index is 10.8. The quantitative estimate of drug-likeness (QED) is 0.532. The fourth-order valence-electron chi connectivity index (χ4n) is 0.689. The molecule has 13 heavy (non-hydrogen) atoms. The third-order valence-corrected chi connectivity index (χ3v) is 2.71. The highest BCUT2D eigenvalue weighted by Gasteiger charge is 2.17. The molecule has 7 heteroatoms. The zero-order chi connectivity index (χ0) is 10.5. The van der Waals surface area contributed by atoms with Gasteiger partial charge < -0.3 is 5.11 Å². The summed E-state index contributed by atoms with van der Waals surface area (Å²) in [4.78, 5) is 10.5. The number of carboxylic acids is 1. The first-order valence-corrected chi connectivity index (χ1v) is 5.32. The van der Waals surface area contributed by atoms with E-state index in [0.29, 0.717) is 6.42 Å². The lowest BCUT2D eigenvalue weighted by atomic mass is 10.1. The van der Waals surface area contributed by atoms with E-state index in [1.165, 1.54) is 7.05 Å². The van der Waals surface area contributed by atoms with Crippen molar-refractivity contribution >= 4 is 16.2 Å². The average Bonchev–Trinajstić information content (AvgIpc) is 2.05. The van der Waals surface area contributed by atoms with Crippen molar-refractivity contribution < 1.29 is 18.3 Å². The molecule has 0 aromatic carbocycles. The third-order valence-electron chi connectivity index (χ3n) is 1.63. The molecule has 0 fully saturated rings. The van der Waals surface area contributed by atoms with E-state index < -0.39 is 22.1 Å². The molecule has 0 amide bonds. The minimum absolute atomic E-state index is 0.0883. The Morgan fingerprint density at radius 1 is 1.54 bits per heavy atom. The number of nitrogens with one attached hydrogen (secondary N) is 2. The standard InChI is InChI=1S/C6H14N2O4S/c1-3-5(6(9)10)4-8-13(11,12)7-2/h5,7-8H,3-4H2,1-2H3,(H,9,10). The van der Waals surface area contributed by atoms with Crippen LogP contribution in [0.15, 0.2) is 0 Å². The monoisotopic (exact) mass is 210 g/mol. The summed E-state index contributed by atoms with van der Waals surface area (Å²) in [5.41, 5.74) is 0. The molecular formula is C6H14N2O4S. The van der Waals surface area contributed by atoms with Crippen LogP contribution in [0.2, 0.25) is 0 Å². The summed E-state index contributed by atoms with van der Waals surface area (Å²) in [6.07, 6.45) is 0.390. The minimum Gasteiger partial charge on any atom is -0.481 e. The number of hydrogen-bond donors (Lipinski definition) is 3. The summed E-state index contributed by atoms with van der Waals surface area (Å²) in [5, 5.41) is 8.59. The van der Waals surface area contributed by atoms with Crippen LogP contribution < -0.4 is 9.44 Å². The van der Waals surface area contributed by atoms with E-state index in [2.05, 4.69) is 4.72 Å². The molecule has 0 saturated heterocycles. The van der Waals surface area contributed by atoms with Gasteiger partial charge in [-0.05, 0) is 6.42 Å². The van der Waals surface area contributed by atoms with E-state index in [1.54, 1.807) is 6.92 Å². The molecule has 1 atom stereocenters. The van der Waals surface area contributed by atoms with Crippen molar-refractivity contribution in [2.24, 2.45) is 5.92 Å². The van der Waals surface area contributed by atoms with E-state index >= 15 is 0 Å². The Kier molecular flexibility index (Phi) is 4.89. The van der Waals surface area contributed by atoms with Crippen LogP contribution in [0.3, 0.4) is 0 Å². The van der Waals surface area contributed by atoms with Crippen LogP contribution in [0.4, 0.5) is 0 Å². The summed E-state index contributed by atoms with van der Waals surface area (Å²) in [5.74, 6) is -1.68. The Bertz CT molecular complexity index is 262. The molecule has 0 radical (unpaired) electrons. The third kappa shape index (κ3) is 4.81. The van der Waals surface area contributed by atoms with E-state index in [4.69, 9.17) is 5.11 Å². The van der Waals surface area contributed by atoms with Gasteiger partial charge in [0.15, 0.2) is 0 Å². The fourth-order valence-corrected chi connectivity index (χ4v) is 1.25. The van der Waals surface area contributed by atoms with Gasteiger partial charge in [-0.1, -0.05) is 6.92 Å². The molecule has 0 rings (SSSR count). The zero-order valence-electron chi connectivity index (χ0n) is 7.57. The molecule has 1 unspecified atom stereocenters. The van der Waals surface area contributed by atoms with Crippen molar-refractivity contribution in [3.63, 3.8) is 0 Å². The van der Waals surface area contributed by atoms with Crippen LogP contribution in [0.1, 0.15) is 13.3 Å². The molecule has 78 valence electrons. The van der Waals surface area contributed by atoms with E-state index in [0.717, 1.165) is 0 Å². The lowest BCUT2D eigenvalue weighted by Crippen LogP contribution is -2.38. The summed E-state index contributed by atoms with van der Waals surface area (Å²) in [6.45, 7) is 1.60. The highest BCUT2D eigenvalue weighted by molar-refractivity contribution is 7.87. The van der Waals surface area contributed by atoms with Gasteiger partial charge in [-0.2, -0.15) is 8.42 Å². The Balaban J connectivity index is 4.07. The first-order valence-electron chi connectivity index (χ1n) is 3.84. The van der Waals surface area contributed by atoms with Gasteiger partial charge in [-0.3, -0.25) is 4.79 Å². The lowest BCUT2D eigenvalue weighted by Gasteiger charge is -2.10. The van der Waals surface area contributed by atoms with Crippen molar-refractivity contribution in [3.05, 3.63) is 0 Å². The number of carboxylic acid groups (broad SMARTS) is 1. The molecule has 0 spiro atoms. The average molecular weight is 210 g/mol. The molecule has 0 aromatic rings. The highest BCUT2D eigenvalue weighted by atomic mass is 32.2. The fraction of sp³-hybridized carbons (Fsp3) is 0.833.